The largest absolute Gasteiger partial charge is 0.494 e. The Bertz CT molecular complexity index is 642. The number of aromatic nitrogens is 1. The molecular formula is C14H19N3O3S. The molecule has 1 heterocycles. The predicted molar refractivity (Wildman–Crippen MR) is 84.9 cm³/mol. The van der Waals surface area contributed by atoms with E-state index >= 15 is 0 Å². The maximum atomic E-state index is 11.9. The van der Waals surface area contributed by atoms with Gasteiger partial charge in [-0.1, -0.05) is 18.3 Å². The molecule has 114 valence electrons. The first-order valence-corrected chi connectivity index (χ1v) is 7.38. The topological polar surface area (TPSA) is 86.5 Å². The highest BCUT2D eigenvalue weighted by Gasteiger charge is 2.14. The number of carbonyl (C=O) groups excluding carboxylic acids is 1. The summed E-state index contributed by atoms with van der Waals surface area (Å²) in [7, 11) is 3.19. The van der Waals surface area contributed by atoms with Gasteiger partial charge in [-0.05, 0) is 12.0 Å². The first kappa shape index (κ1) is 15.5. The van der Waals surface area contributed by atoms with Crippen LogP contribution in [0.2, 0.25) is 0 Å². The van der Waals surface area contributed by atoms with Crippen LogP contribution in [0.5, 0.6) is 5.75 Å². The zero-order valence-electron chi connectivity index (χ0n) is 12.3. The number of amides is 1. The van der Waals surface area contributed by atoms with Crippen LogP contribution in [0.1, 0.15) is 13.3 Å². The van der Waals surface area contributed by atoms with Gasteiger partial charge in [0.1, 0.15) is 11.3 Å². The number of rotatable bonds is 6. The number of nitrogens with two attached hydrogens (primary N) is 1. The minimum Gasteiger partial charge on any atom is -0.494 e. The quantitative estimate of drug-likeness (QED) is 0.801. The van der Waals surface area contributed by atoms with Crippen LogP contribution >= 0.6 is 11.3 Å². The van der Waals surface area contributed by atoms with Gasteiger partial charge in [0.2, 0.25) is 5.91 Å². The third kappa shape index (κ3) is 3.83. The summed E-state index contributed by atoms with van der Waals surface area (Å²) in [6, 6.07) is 3.53. The number of ether oxygens (including phenoxy) is 2. The summed E-state index contributed by atoms with van der Waals surface area (Å²) >= 11 is 1.38. The molecule has 0 bridgehead atoms. The summed E-state index contributed by atoms with van der Waals surface area (Å²) < 4.78 is 11.2. The molecule has 1 unspecified atom stereocenters. The van der Waals surface area contributed by atoms with Crippen molar-refractivity contribution >= 4 is 38.3 Å². The van der Waals surface area contributed by atoms with Gasteiger partial charge < -0.3 is 20.5 Å². The van der Waals surface area contributed by atoms with Crippen LogP contribution in [0.4, 0.5) is 10.8 Å². The zero-order chi connectivity index (χ0) is 15.4. The highest BCUT2D eigenvalue weighted by atomic mass is 32.1. The number of fused-ring (bicyclic) bond motifs is 1. The van der Waals surface area contributed by atoms with Crippen molar-refractivity contribution in [2.24, 2.45) is 5.92 Å². The highest BCUT2D eigenvalue weighted by Crippen LogP contribution is 2.34. The monoisotopic (exact) mass is 309 g/mol. The van der Waals surface area contributed by atoms with Crippen LogP contribution in [0, 0.1) is 5.92 Å². The van der Waals surface area contributed by atoms with Crippen molar-refractivity contribution in [1.82, 2.24) is 4.98 Å². The van der Waals surface area contributed by atoms with Gasteiger partial charge in [-0.25, -0.2) is 4.98 Å². The lowest BCUT2D eigenvalue weighted by molar-refractivity contribution is -0.117. The number of carbonyl (C=O) groups is 1. The van der Waals surface area contributed by atoms with Gasteiger partial charge in [0.05, 0.1) is 11.8 Å². The van der Waals surface area contributed by atoms with Crippen molar-refractivity contribution in [3.05, 3.63) is 12.1 Å². The third-order valence-electron chi connectivity index (χ3n) is 2.93. The second-order valence-electron chi connectivity index (χ2n) is 4.90. The number of anilines is 2. The summed E-state index contributed by atoms with van der Waals surface area (Å²) in [5.41, 5.74) is 7.12. The number of benzene rings is 1. The van der Waals surface area contributed by atoms with Gasteiger partial charge in [0.25, 0.3) is 0 Å². The number of hydrogen-bond donors (Lipinski definition) is 2. The lowest BCUT2D eigenvalue weighted by Gasteiger charge is -2.08. The Morgan fingerprint density at radius 1 is 1.48 bits per heavy atom. The van der Waals surface area contributed by atoms with E-state index in [0.717, 1.165) is 4.70 Å². The fourth-order valence-corrected chi connectivity index (χ4v) is 3.01. The minimum atomic E-state index is -0.0782. The van der Waals surface area contributed by atoms with Gasteiger partial charge >= 0.3 is 0 Å². The second kappa shape index (κ2) is 6.73. The van der Waals surface area contributed by atoms with E-state index in [2.05, 4.69) is 10.3 Å². The normalized spacial score (nSPS) is 12.3. The maximum absolute atomic E-state index is 11.9. The lowest BCUT2D eigenvalue weighted by atomic mass is 10.1. The van der Waals surface area contributed by atoms with E-state index in [1.807, 2.05) is 13.0 Å². The van der Waals surface area contributed by atoms with E-state index in [9.17, 15) is 4.79 Å². The van der Waals surface area contributed by atoms with E-state index in [1.165, 1.54) is 11.3 Å². The molecule has 0 aliphatic carbocycles. The average Bonchev–Trinajstić information content (AvgIpc) is 2.79. The Labute approximate surface area is 127 Å². The molecule has 2 aromatic rings. The highest BCUT2D eigenvalue weighted by molar-refractivity contribution is 7.22. The molecule has 21 heavy (non-hydrogen) atoms. The molecule has 1 amide bonds. The molecule has 0 saturated carbocycles. The molecule has 6 nitrogen and oxygen atoms in total. The van der Waals surface area contributed by atoms with Crippen LogP contribution in [0.3, 0.4) is 0 Å². The van der Waals surface area contributed by atoms with Crippen LogP contribution in [0.25, 0.3) is 10.2 Å². The Kier molecular flexibility index (Phi) is 4.98. The van der Waals surface area contributed by atoms with E-state index < -0.39 is 0 Å². The molecule has 1 atom stereocenters. The molecule has 0 aliphatic rings. The van der Waals surface area contributed by atoms with Crippen LogP contribution in [-0.2, 0) is 9.53 Å². The van der Waals surface area contributed by atoms with E-state index in [-0.39, 0.29) is 11.8 Å². The first-order valence-electron chi connectivity index (χ1n) is 6.56. The molecule has 1 aromatic heterocycles. The number of nitrogens with zero attached hydrogens (tertiary/aromatic N) is 1. The van der Waals surface area contributed by atoms with Gasteiger partial charge in [-0.2, -0.15) is 0 Å². The molecule has 1 aromatic carbocycles. The molecule has 0 aliphatic heterocycles. The van der Waals surface area contributed by atoms with Crippen LogP contribution in [0.15, 0.2) is 12.1 Å². The van der Waals surface area contributed by atoms with Crippen molar-refractivity contribution in [3.63, 3.8) is 0 Å². The zero-order valence-corrected chi connectivity index (χ0v) is 13.1. The first-order chi connectivity index (χ1) is 10.0. The van der Waals surface area contributed by atoms with Crippen molar-refractivity contribution in [2.45, 2.75) is 13.3 Å². The Hall–Kier alpha value is -1.86. The van der Waals surface area contributed by atoms with Gasteiger partial charge in [-0.15, -0.1) is 0 Å². The molecule has 3 N–H and O–H groups in total. The number of methoxy groups -OCH3 is 2. The van der Waals surface area contributed by atoms with Gasteiger partial charge in [0, 0.05) is 31.9 Å². The molecule has 2 rings (SSSR count). The summed E-state index contributed by atoms with van der Waals surface area (Å²) in [6.07, 6.45) is 0.392. The molecular weight excluding hydrogens is 290 g/mol. The van der Waals surface area contributed by atoms with Gasteiger partial charge in [-0.3, -0.25) is 4.79 Å². The molecule has 0 spiro atoms. The summed E-state index contributed by atoms with van der Waals surface area (Å²) in [6.45, 7) is 2.52. The SMILES string of the molecule is COCC(C)CC(=O)Nc1nc2c(OC)cc(N)cc2s1. The summed E-state index contributed by atoms with van der Waals surface area (Å²) in [4.78, 5) is 16.3. The molecule has 0 fully saturated rings. The second-order valence-corrected chi connectivity index (χ2v) is 5.93. The van der Waals surface area contributed by atoms with Crippen molar-refractivity contribution in [1.29, 1.82) is 0 Å². The molecule has 0 saturated heterocycles. The number of thiazole rings is 1. The maximum Gasteiger partial charge on any atom is 0.226 e. The van der Waals surface area contributed by atoms with E-state index in [1.54, 1.807) is 20.3 Å². The third-order valence-corrected chi connectivity index (χ3v) is 3.85. The standard InChI is InChI=1S/C14H19N3O3S/c1-8(7-19-2)4-12(18)16-14-17-13-10(20-3)5-9(15)6-11(13)21-14/h5-6,8H,4,7,15H2,1-3H3,(H,16,17,18). The molecule has 7 heteroatoms. The van der Waals surface area contributed by atoms with Crippen LogP contribution < -0.4 is 15.8 Å². The van der Waals surface area contributed by atoms with Gasteiger partial charge in [0.15, 0.2) is 5.13 Å². The van der Waals surface area contributed by atoms with Crippen molar-refractivity contribution in [3.8, 4) is 5.75 Å². The lowest BCUT2D eigenvalue weighted by Crippen LogP contribution is -2.17. The Morgan fingerprint density at radius 2 is 2.24 bits per heavy atom. The fraction of sp³-hybridized carbons (Fsp3) is 0.429. The van der Waals surface area contributed by atoms with Crippen molar-refractivity contribution in [2.75, 3.05) is 31.9 Å². The summed E-state index contributed by atoms with van der Waals surface area (Å²) in [5, 5.41) is 3.35. The smallest absolute Gasteiger partial charge is 0.226 e. The number of nitrogen functional groups attached to an aromatic ring is 1. The van der Waals surface area contributed by atoms with E-state index in [4.69, 9.17) is 15.2 Å². The van der Waals surface area contributed by atoms with E-state index in [0.29, 0.717) is 35.1 Å². The molecule has 0 radical (unpaired) electrons. The fourth-order valence-electron chi connectivity index (χ4n) is 2.06. The van der Waals surface area contributed by atoms with Crippen LogP contribution in [-0.4, -0.2) is 31.7 Å². The average molecular weight is 309 g/mol. The summed E-state index contributed by atoms with van der Waals surface area (Å²) in [5.74, 6) is 0.689. The number of nitrogens with one attached hydrogen (secondary N) is 1. The Morgan fingerprint density at radius 3 is 2.90 bits per heavy atom. The predicted octanol–water partition coefficient (Wildman–Crippen LogP) is 2.50. The minimum absolute atomic E-state index is 0.0782. The van der Waals surface area contributed by atoms with Crippen molar-refractivity contribution < 1.29 is 14.3 Å². The Balaban J connectivity index is 2.14. The number of hydrogen-bond acceptors (Lipinski definition) is 6.